The Morgan fingerprint density at radius 2 is 1.88 bits per heavy atom. The number of carbonyl (C=O) groups excluding carboxylic acids is 2. The molecule has 0 atom stereocenters. The van der Waals surface area contributed by atoms with Gasteiger partial charge in [-0.25, -0.2) is 0 Å². The van der Waals surface area contributed by atoms with Crippen molar-refractivity contribution >= 4 is 46.8 Å². The number of thioether (sulfide) groups is 1. The minimum absolute atomic E-state index is 0.0810. The van der Waals surface area contributed by atoms with Crippen molar-refractivity contribution in [2.75, 3.05) is 45.0 Å². The molecule has 1 aromatic rings. The molecule has 2 amide bonds. The molecule has 8 heteroatoms. The summed E-state index contributed by atoms with van der Waals surface area (Å²) in [5.41, 5.74) is 0. The van der Waals surface area contributed by atoms with E-state index in [1.807, 2.05) is 4.90 Å². The Morgan fingerprint density at radius 1 is 1.23 bits per heavy atom. The smallest absolute Gasteiger partial charge is 0.275 e. The highest BCUT2D eigenvalue weighted by molar-refractivity contribution is 8.00. The van der Waals surface area contributed by atoms with Crippen molar-refractivity contribution in [1.29, 1.82) is 0 Å². The Morgan fingerprint density at radius 3 is 2.50 bits per heavy atom. The lowest BCUT2D eigenvalue weighted by atomic mass is 10.3. The molecular formula is C18H26Cl2N3O2S+. The van der Waals surface area contributed by atoms with Crippen molar-refractivity contribution in [1.82, 2.24) is 10.2 Å². The van der Waals surface area contributed by atoms with Crippen LogP contribution in [0.3, 0.4) is 0 Å². The molecule has 0 bridgehead atoms. The number of nitrogens with one attached hydrogen (secondary N) is 2. The Balaban J connectivity index is 1.72. The Bertz CT molecular complexity index is 602. The van der Waals surface area contributed by atoms with Crippen LogP contribution in [0.5, 0.6) is 0 Å². The third kappa shape index (κ3) is 6.65. The molecule has 2 rings (SSSR count). The lowest BCUT2D eigenvalue weighted by molar-refractivity contribution is -0.896. The van der Waals surface area contributed by atoms with Crippen LogP contribution in [0.25, 0.3) is 0 Å². The standard InChI is InChI=1S/C18H25Cl2N3O2S/c1-2-3-7-21-16(24)12-22-8-10-23(11-9-22)17(25)13-26-18-14(19)5-4-6-15(18)20/h4-6H,2-3,7-13H2,1H3,(H,21,24)/p+1. The van der Waals surface area contributed by atoms with E-state index in [4.69, 9.17) is 23.2 Å². The van der Waals surface area contributed by atoms with Crippen molar-refractivity contribution < 1.29 is 14.5 Å². The Labute approximate surface area is 169 Å². The van der Waals surface area contributed by atoms with Crippen molar-refractivity contribution in [3.8, 4) is 0 Å². The summed E-state index contributed by atoms with van der Waals surface area (Å²) in [5.74, 6) is 0.491. The van der Waals surface area contributed by atoms with Gasteiger partial charge in [0.25, 0.3) is 5.91 Å². The maximum atomic E-state index is 12.4. The number of piperazine rings is 1. The molecular weight excluding hydrogens is 393 g/mol. The fraction of sp³-hybridized carbons (Fsp3) is 0.556. The van der Waals surface area contributed by atoms with E-state index < -0.39 is 0 Å². The number of benzene rings is 1. The zero-order valence-electron chi connectivity index (χ0n) is 15.0. The van der Waals surface area contributed by atoms with Gasteiger partial charge in [0.2, 0.25) is 5.91 Å². The summed E-state index contributed by atoms with van der Waals surface area (Å²) in [5, 5.41) is 4.08. The first-order valence-electron chi connectivity index (χ1n) is 8.96. The zero-order valence-corrected chi connectivity index (χ0v) is 17.4. The van der Waals surface area contributed by atoms with Crippen molar-refractivity contribution in [2.24, 2.45) is 0 Å². The minimum atomic E-state index is 0.0810. The van der Waals surface area contributed by atoms with Gasteiger partial charge in [-0.05, 0) is 18.6 Å². The molecule has 0 unspecified atom stereocenters. The normalized spacial score (nSPS) is 15.1. The highest BCUT2D eigenvalue weighted by Crippen LogP contribution is 2.33. The van der Waals surface area contributed by atoms with Crippen LogP contribution in [0.2, 0.25) is 10.0 Å². The summed E-state index contributed by atoms with van der Waals surface area (Å²) in [6.45, 7) is 6.27. The lowest BCUT2D eigenvalue weighted by Crippen LogP contribution is -3.15. The molecule has 1 aromatic carbocycles. The van der Waals surface area contributed by atoms with Crippen LogP contribution in [-0.4, -0.2) is 61.7 Å². The molecule has 1 aliphatic rings. The second-order valence-electron chi connectivity index (χ2n) is 6.35. The van der Waals surface area contributed by atoms with Gasteiger partial charge >= 0.3 is 0 Å². The molecule has 1 heterocycles. The first-order chi connectivity index (χ1) is 12.5. The number of nitrogens with zero attached hydrogens (tertiary/aromatic N) is 1. The Kier molecular flexibility index (Phi) is 9.05. The molecule has 2 N–H and O–H groups in total. The fourth-order valence-corrected chi connectivity index (χ4v) is 4.38. The van der Waals surface area contributed by atoms with Gasteiger partial charge in [0.15, 0.2) is 6.54 Å². The van der Waals surface area contributed by atoms with Crippen molar-refractivity contribution in [2.45, 2.75) is 24.7 Å². The van der Waals surface area contributed by atoms with E-state index >= 15 is 0 Å². The largest absolute Gasteiger partial charge is 0.351 e. The predicted octanol–water partition coefficient (Wildman–Crippen LogP) is 1.73. The number of amides is 2. The lowest BCUT2D eigenvalue weighted by Gasteiger charge is -2.31. The number of hydrogen-bond donors (Lipinski definition) is 2. The van der Waals surface area contributed by atoms with Crippen molar-refractivity contribution in [3.05, 3.63) is 28.2 Å². The molecule has 0 saturated carbocycles. The van der Waals surface area contributed by atoms with Gasteiger partial charge in [-0.15, -0.1) is 11.8 Å². The van der Waals surface area contributed by atoms with E-state index in [2.05, 4.69) is 12.2 Å². The highest BCUT2D eigenvalue weighted by Gasteiger charge is 2.25. The van der Waals surface area contributed by atoms with Crippen LogP contribution >= 0.6 is 35.0 Å². The van der Waals surface area contributed by atoms with Gasteiger partial charge in [-0.2, -0.15) is 0 Å². The molecule has 0 radical (unpaired) electrons. The van der Waals surface area contributed by atoms with E-state index in [-0.39, 0.29) is 11.8 Å². The van der Waals surface area contributed by atoms with E-state index in [1.165, 1.54) is 16.7 Å². The zero-order chi connectivity index (χ0) is 18.9. The van der Waals surface area contributed by atoms with E-state index in [1.54, 1.807) is 18.2 Å². The second-order valence-corrected chi connectivity index (χ2v) is 8.15. The molecule has 1 saturated heterocycles. The number of quaternary nitrogens is 1. The fourth-order valence-electron chi connectivity index (χ4n) is 2.79. The van der Waals surface area contributed by atoms with Crippen LogP contribution in [0.4, 0.5) is 0 Å². The number of rotatable bonds is 8. The van der Waals surface area contributed by atoms with Gasteiger partial charge in [0, 0.05) is 11.4 Å². The third-order valence-electron chi connectivity index (χ3n) is 4.35. The topological polar surface area (TPSA) is 53.9 Å². The molecule has 5 nitrogen and oxygen atoms in total. The van der Waals surface area contributed by atoms with Crippen LogP contribution < -0.4 is 10.2 Å². The van der Waals surface area contributed by atoms with Gasteiger partial charge in [0.1, 0.15) is 0 Å². The summed E-state index contributed by atoms with van der Waals surface area (Å²) in [6, 6.07) is 5.33. The summed E-state index contributed by atoms with van der Waals surface area (Å²) >= 11 is 13.7. The van der Waals surface area contributed by atoms with Gasteiger partial charge in [-0.3, -0.25) is 9.59 Å². The number of carbonyl (C=O) groups is 2. The van der Waals surface area contributed by atoms with Crippen LogP contribution in [-0.2, 0) is 9.59 Å². The quantitative estimate of drug-likeness (QED) is 0.499. The van der Waals surface area contributed by atoms with Crippen molar-refractivity contribution in [3.63, 3.8) is 0 Å². The molecule has 0 aliphatic carbocycles. The maximum absolute atomic E-state index is 12.4. The predicted molar refractivity (Wildman–Crippen MR) is 107 cm³/mol. The summed E-state index contributed by atoms with van der Waals surface area (Å²) < 4.78 is 0. The van der Waals surface area contributed by atoms with Crippen LogP contribution in [0, 0.1) is 0 Å². The molecule has 1 fully saturated rings. The van der Waals surface area contributed by atoms with E-state index in [0.717, 1.165) is 37.4 Å². The molecule has 144 valence electrons. The van der Waals surface area contributed by atoms with Gasteiger partial charge < -0.3 is 15.1 Å². The third-order valence-corrected chi connectivity index (χ3v) is 6.32. The van der Waals surface area contributed by atoms with Gasteiger partial charge in [-0.1, -0.05) is 42.6 Å². The second kappa shape index (κ2) is 11.0. The molecule has 0 aromatic heterocycles. The Hall–Kier alpha value is -0.950. The van der Waals surface area contributed by atoms with Gasteiger partial charge in [0.05, 0.1) is 42.0 Å². The van der Waals surface area contributed by atoms with E-state index in [9.17, 15) is 9.59 Å². The number of halogens is 2. The highest BCUT2D eigenvalue weighted by atomic mass is 35.5. The molecule has 1 aliphatic heterocycles. The first-order valence-corrected chi connectivity index (χ1v) is 10.7. The summed E-state index contributed by atoms with van der Waals surface area (Å²) in [4.78, 5) is 28.1. The minimum Gasteiger partial charge on any atom is -0.351 e. The average molecular weight is 419 g/mol. The van der Waals surface area contributed by atoms with Crippen LogP contribution in [0.1, 0.15) is 19.8 Å². The monoisotopic (exact) mass is 418 g/mol. The summed E-state index contributed by atoms with van der Waals surface area (Å²) in [6.07, 6.45) is 2.09. The van der Waals surface area contributed by atoms with E-state index in [0.29, 0.717) is 35.4 Å². The first kappa shape index (κ1) is 21.4. The molecule has 26 heavy (non-hydrogen) atoms. The SMILES string of the molecule is CCCCNC(=O)C[NH+]1CCN(C(=O)CSc2c(Cl)cccc2Cl)CC1. The van der Waals surface area contributed by atoms with Crippen LogP contribution in [0.15, 0.2) is 23.1 Å². The molecule has 0 spiro atoms. The summed E-state index contributed by atoms with van der Waals surface area (Å²) in [7, 11) is 0. The average Bonchev–Trinajstić information content (AvgIpc) is 2.62. The maximum Gasteiger partial charge on any atom is 0.275 e. The number of hydrogen-bond acceptors (Lipinski definition) is 3. The number of unbranched alkanes of at least 4 members (excludes halogenated alkanes) is 1.